The average molecular weight is 228 g/mol. The van der Waals surface area contributed by atoms with E-state index in [1.165, 1.54) is 13.8 Å². The quantitative estimate of drug-likeness (QED) is 0.495. The third kappa shape index (κ3) is 9.24. The minimum atomic E-state index is -0.307. The molecule has 0 radical (unpaired) electrons. The zero-order chi connectivity index (χ0) is 12.4. The monoisotopic (exact) mass is 228 g/mol. The molecule has 0 saturated carbocycles. The number of hydrogen-bond donors (Lipinski definition) is 0. The van der Waals surface area contributed by atoms with E-state index in [4.69, 9.17) is 9.47 Å². The number of unbranched alkanes of at least 4 members (excludes halogenated alkanes) is 1. The average Bonchev–Trinajstić information content (AvgIpc) is 2.20. The Kier molecular flexibility index (Phi) is 8.21. The van der Waals surface area contributed by atoms with Crippen molar-refractivity contribution in [1.29, 1.82) is 0 Å². The van der Waals surface area contributed by atoms with Gasteiger partial charge in [-0.1, -0.05) is 13.3 Å². The van der Waals surface area contributed by atoms with Gasteiger partial charge in [-0.3, -0.25) is 9.59 Å². The van der Waals surface area contributed by atoms with Crippen LogP contribution in [0.15, 0.2) is 11.6 Å². The predicted octanol–water partition coefficient (Wildman–Crippen LogP) is 2.23. The maximum absolute atomic E-state index is 10.7. The first kappa shape index (κ1) is 14.7. The van der Waals surface area contributed by atoms with Crippen molar-refractivity contribution < 1.29 is 19.1 Å². The van der Waals surface area contributed by atoms with E-state index in [0.29, 0.717) is 0 Å². The van der Waals surface area contributed by atoms with Gasteiger partial charge in [-0.05, 0) is 24.5 Å². The lowest BCUT2D eigenvalue weighted by Crippen LogP contribution is -2.05. The number of hydrogen-bond acceptors (Lipinski definition) is 4. The summed E-state index contributed by atoms with van der Waals surface area (Å²) in [6, 6.07) is 0. The summed E-state index contributed by atoms with van der Waals surface area (Å²) in [6.07, 6.45) is 4.78. The maximum atomic E-state index is 10.7. The van der Waals surface area contributed by atoms with Crippen molar-refractivity contribution in [3.8, 4) is 0 Å². The Morgan fingerprint density at radius 2 is 1.75 bits per heavy atom. The summed E-state index contributed by atoms with van der Waals surface area (Å²) in [6.45, 7) is 5.37. The van der Waals surface area contributed by atoms with Crippen LogP contribution in [0.4, 0.5) is 0 Å². The summed E-state index contributed by atoms with van der Waals surface area (Å²) in [4.78, 5) is 21.2. The molecule has 4 nitrogen and oxygen atoms in total. The Bertz CT molecular complexity index is 256. The van der Waals surface area contributed by atoms with Crippen molar-refractivity contribution >= 4 is 11.9 Å². The predicted molar refractivity (Wildman–Crippen MR) is 60.9 cm³/mol. The molecule has 0 saturated heterocycles. The molecule has 0 aliphatic rings. The Hall–Kier alpha value is -1.32. The lowest BCUT2D eigenvalue weighted by atomic mass is 10.1. The Balaban J connectivity index is 4.06. The molecule has 0 aliphatic heterocycles. The molecule has 0 fully saturated rings. The largest absolute Gasteiger partial charge is 0.462 e. The summed E-state index contributed by atoms with van der Waals surface area (Å²) >= 11 is 0. The standard InChI is InChI=1S/C12H20O4/c1-4-5-6-12(9-16-11(3)14)7-8-15-10(2)13/h7H,4-6,8-9H2,1-3H3/b12-7-. The number of carbonyl (C=O) groups is 2. The van der Waals surface area contributed by atoms with Gasteiger partial charge in [0, 0.05) is 13.8 Å². The summed E-state index contributed by atoms with van der Waals surface area (Å²) in [5.41, 5.74) is 0.998. The highest BCUT2D eigenvalue weighted by Crippen LogP contribution is 2.08. The fourth-order valence-electron chi connectivity index (χ4n) is 1.11. The molecule has 0 amide bonds. The van der Waals surface area contributed by atoms with Crippen LogP contribution in [0.25, 0.3) is 0 Å². The zero-order valence-electron chi connectivity index (χ0n) is 10.2. The molecular weight excluding hydrogens is 208 g/mol. The van der Waals surface area contributed by atoms with Crippen LogP contribution in [0.2, 0.25) is 0 Å². The minimum absolute atomic E-state index is 0.246. The summed E-state index contributed by atoms with van der Waals surface area (Å²) in [5, 5.41) is 0. The van der Waals surface area contributed by atoms with Crippen LogP contribution < -0.4 is 0 Å². The second kappa shape index (κ2) is 8.95. The molecule has 0 spiro atoms. The van der Waals surface area contributed by atoms with Gasteiger partial charge in [0.2, 0.25) is 0 Å². The van der Waals surface area contributed by atoms with E-state index >= 15 is 0 Å². The van der Waals surface area contributed by atoms with Gasteiger partial charge < -0.3 is 9.47 Å². The molecule has 0 rings (SSSR count). The SMILES string of the molecule is CCCC/C(=C/COC(C)=O)COC(C)=O. The molecule has 0 heterocycles. The zero-order valence-corrected chi connectivity index (χ0v) is 10.2. The van der Waals surface area contributed by atoms with E-state index in [1.54, 1.807) is 6.08 Å². The van der Waals surface area contributed by atoms with Gasteiger partial charge in [-0.15, -0.1) is 0 Å². The first-order chi connectivity index (χ1) is 7.56. The molecule has 4 heteroatoms. The molecule has 0 aliphatic carbocycles. The topological polar surface area (TPSA) is 52.6 Å². The fourth-order valence-corrected chi connectivity index (χ4v) is 1.11. The van der Waals surface area contributed by atoms with E-state index in [-0.39, 0.29) is 25.2 Å². The van der Waals surface area contributed by atoms with Gasteiger partial charge in [-0.25, -0.2) is 0 Å². The molecule has 92 valence electrons. The van der Waals surface area contributed by atoms with Crippen molar-refractivity contribution in [1.82, 2.24) is 0 Å². The van der Waals surface area contributed by atoms with Crippen LogP contribution in [0.5, 0.6) is 0 Å². The second-order valence-electron chi connectivity index (χ2n) is 3.55. The van der Waals surface area contributed by atoms with Gasteiger partial charge in [0.15, 0.2) is 0 Å². The molecular formula is C12H20O4. The summed E-state index contributed by atoms with van der Waals surface area (Å²) in [7, 11) is 0. The smallest absolute Gasteiger partial charge is 0.302 e. The van der Waals surface area contributed by atoms with Crippen LogP contribution in [-0.2, 0) is 19.1 Å². The molecule has 0 bridgehead atoms. The van der Waals surface area contributed by atoms with E-state index in [1.807, 2.05) is 0 Å². The van der Waals surface area contributed by atoms with Crippen molar-refractivity contribution in [2.24, 2.45) is 0 Å². The van der Waals surface area contributed by atoms with Crippen LogP contribution in [0, 0.1) is 0 Å². The Labute approximate surface area is 96.6 Å². The van der Waals surface area contributed by atoms with Crippen molar-refractivity contribution in [2.45, 2.75) is 40.0 Å². The molecule has 0 aromatic rings. The highest BCUT2D eigenvalue weighted by atomic mass is 16.5. The molecule has 0 N–H and O–H groups in total. The first-order valence-electron chi connectivity index (χ1n) is 5.50. The number of esters is 2. The van der Waals surface area contributed by atoms with E-state index in [9.17, 15) is 9.59 Å². The Morgan fingerprint density at radius 3 is 2.25 bits per heavy atom. The maximum Gasteiger partial charge on any atom is 0.302 e. The van der Waals surface area contributed by atoms with Crippen molar-refractivity contribution in [3.63, 3.8) is 0 Å². The van der Waals surface area contributed by atoms with Crippen LogP contribution in [-0.4, -0.2) is 25.2 Å². The van der Waals surface area contributed by atoms with Gasteiger partial charge in [0.05, 0.1) is 0 Å². The minimum Gasteiger partial charge on any atom is -0.462 e. The van der Waals surface area contributed by atoms with Gasteiger partial charge in [-0.2, -0.15) is 0 Å². The highest BCUT2D eigenvalue weighted by Gasteiger charge is 2.01. The van der Waals surface area contributed by atoms with E-state index in [0.717, 1.165) is 24.8 Å². The summed E-state index contributed by atoms with van der Waals surface area (Å²) in [5.74, 6) is -0.603. The lowest BCUT2D eigenvalue weighted by Gasteiger charge is -2.07. The third-order valence-corrected chi connectivity index (χ3v) is 1.97. The fraction of sp³-hybridized carbons (Fsp3) is 0.667. The molecule has 0 aromatic heterocycles. The van der Waals surface area contributed by atoms with Crippen molar-refractivity contribution in [2.75, 3.05) is 13.2 Å². The number of ether oxygens (including phenoxy) is 2. The van der Waals surface area contributed by atoms with Gasteiger partial charge >= 0.3 is 11.9 Å². The highest BCUT2D eigenvalue weighted by molar-refractivity contribution is 5.66. The normalized spacial score (nSPS) is 11.1. The third-order valence-electron chi connectivity index (χ3n) is 1.97. The molecule has 0 atom stereocenters. The number of rotatable bonds is 7. The van der Waals surface area contributed by atoms with Crippen LogP contribution in [0.3, 0.4) is 0 Å². The first-order valence-corrected chi connectivity index (χ1v) is 5.50. The number of carbonyl (C=O) groups excluding carboxylic acids is 2. The van der Waals surface area contributed by atoms with Gasteiger partial charge in [0.1, 0.15) is 13.2 Å². The lowest BCUT2D eigenvalue weighted by molar-refractivity contribution is -0.141. The summed E-state index contributed by atoms with van der Waals surface area (Å²) < 4.78 is 9.71. The molecule has 0 aromatic carbocycles. The second-order valence-corrected chi connectivity index (χ2v) is 3.55. The van der Waals surface area contributed by atoms with Gasteiger partial charge in [0.25, 0.3) is 0 Å². The van der Waals surface area contributed by atoms with E-state index < -0.39 is 0 Å². The van der Waals surface area contributed by atoms with Crippen LogP contribution >= 0.6 is 0 Å². The van der Waals surface area contributed by atoms with Crippen LogP contribution in [0.1, 0.15) is 40.0 Å². The Morgan fingerprint density at radius 1 is 1.12 bits per heavy atom. The van der Waals surface area contributed by atoms with E-state index in [2.05, 4.69) is 6.92 Å². The van der Waals surface area contributed by atoms with Crippen molar-refractivity contribution in [3.05, 3.63) is 11.6 Å². The molecule has 0 unspecified atom stereocenters. The molecule has 16 heavy (non-hydrogen) atoms.